The Labute approximate surface area is 114 Å². The molecule has 7 heteroatoms. The van der Waals surface area contributed by atoms with Gasteiger partial charge in [-0.25, -0.2) is 0 Å². The number of benzene rings is 1. The second-order valence-corrected chi connectivity index (χ2v) is 4.89. The van der Waals surface area contributed by atoms with Crippen LogP contribution in [0.1, 0.15) is 6.92 Å². The minimum absolute atomic E-state index is 0.689. The van der Waals surface area contributed by atoms with E-state index in [0.29, 0.717) is 11.6 Å². The van der Waals surface area contributed by atoms with Crippen LogP contribution < -0.4 is 0 Å². The lowest BCUT2D eigenvalue weighted by Crippen LogP contribution is -2.01. The van der Waals surface area contributed by atoms with Crippen molar-refractivity contribution in [1.82, 2.24) is 20.2 Å². The molecule has 0 bridgehead atoms. The van der Waals surface area contributed by atoms with Crippen molar-refractivity contribution >= 4 is 23.4 Å². The maximum absolute atomic E-state index is 5.85. The smallest absolute Gasteiger partial charge is 0.214 e. The van der Waals surface area contributed by atoms with Crippen molar-refractivity contribution in [2.24, 2.45) is 0 Å². The van der Waals surface area contributed by atoms with Gasteiger partial charge in [0.15, 0.2) is 0 Å². The molecular weight excluding hydrogens is 272 g/mol. The molecule has 0 saturated heterocycles. The molecule has 18 heavy (non-hydrogen) atoms. The van der Waals surface area contributed by atoms with Crippen LogP contribution in [0.25, 0.3) is 5.69 Å². The summed E-state index contributed by atoms with van der Waals surface area (Å²) >= 11 is 7.41. The summed E-state index contributed by atoms with van der Waals surface area (Å²) in [6.45, 7) is 3.39. The number of tetrazole rings is 1. The molecule has 1 heterocycles. The lowest BCUT2D eigenvalue weighted by atomic mass is 10.3. The van der Waals surface area contributed by atoms with Gasteiger partial charge in [-0.1, -0.05) is 23.4 Å². The molecule has 5 nitrogen and oxygen atoms in total. The SMILES string of the molecule is CCOCCSc1nnnn1-c1ccc(Cl)cc1. The Morgan fingerprint density at radius 2 is 2.11 bits per heavy atom. The van der Waals surface area contributed by atoms with Crippen LogP contribution in [0.3, 0.4) is 0 Å². The number of nitrogens with zero attached hydrogens (tertiary/aromatic N) is 4. The molecule has 0 aliphatic carbocycles. The Morgan fingerprint density at radius 3 is 2.83 bits per heavy atom. The quantitative estimate of drug-likeness (QED) is 0.602. The summed E-state index contributed by atoms with van der Waals surface area (Å²) < 4.78 is 6.96. The number of ether oxygens (including phenoxy) is 1. The fourth-order valence-corrected chi connectivity index (χ4v) is 2.22. The molecular formula is C11H13ClN4OS. The topological polar surface area (TPSA) is 52.8 Å². The molecule has 0 N–H and O–H groups in total. The van der Waals surface area contributed by atoms with Crippen LogP contribution in [-0.4, -0.2) is 39.2 Å². The molecule has 0 amide bonds. The van der Waals surface area contributed by atoms with E-state index in [2.05, 4.69) is 15.5 Å². The fraction of sp³-hybridized carbons (Fsp3) is 0.364. The van der Waals surface area contributed by atoms with Crippen molar-refractivity contribution in [1.29, 1.82) is 0 Å². The molecule has 0 fully saturated rings. The molecule has 2 aromatic rings. The van der Waals surface area contributed by atoms with Crippen LogP contribution in [0.5, 0.6) is 0 Å². The first-order valence-electron chi connectivity index (χ1n) is 5.56. The van der Waals surface area contributed by atoms with Gasteiger partial charge in [0.2, 0.25) is 5.16 Å². The van der Waals surface area contributed by atoms with Gasteiger partial charge in [-0.2, -0.15) is 4.68 Å². The van der Waals surface area contributed by atoms with E-state index in [1.54, 1.807) is 16.4 Å². The van der Waals surface area contributed by atoms with Crippen molar-refractivity contribution in [3.05, 3.63) is 29.3 Å². The van der Waals surface area contributed by atoms with E-state index < -0.39 is 0 Å². The molecule has 0 aliphatic rings. The van der Waals surface area contributed by atoms with E-state index in [4.69, 9.17) is 16.3 Å². The van der Waals surface area contributed by atoms with Gasteiger partial charge in [-0.15, -0.1) is 5.10 Å². The Kier molecular flexibility index (Phi) is 4.98. The van der Waals surface area contributed by atoms with E-state index in [-0.39, 0.29) is 0 Å². The average molecular weight is 285 g/mol. The molecule has 0 spiro atoms. The van der Waals surface area contributed by atoms with Crippen LogP contribution in [0.15, 0.2) is 29.4 Å². The summed E-state index contributed by atoms with van der Waals surface area (Å²) in [5.41, 5.74) is 0.892. The van der Waals surface area contributed by atoms with E-state index in [1.807, 2.05) is 31.2 Å². The van der Waals surface area contributed by atoms with Crippen LogP contribution in [-0.2, 0) is 4.74 Å². The minimum atomic E-state index is 0.689. The zero-order valence-electron chi connectivity index (χ0n) is 9.91. The predicted octanol–water partition coefficient (Wildman–Crippen LogP) is 2.44. The molecule has 1 aromatic carbocycles. The highest BCUT2D eigenvalue weighted by atomic mass is 35.5. The predicted molar refractivity (Wildman–Crippen MR) is 71.4 cm³/mol. The number of hydrogen-bond acceptors (Lipinski definition) is 5. The zero-order chi connectivity index (χ0) is 12.8. The maximum atomic E-state index is 5.85. The summed E-state index contributed by atoms with van der Waals surface area (Å²) in [5, 5.41) is 13.1. The fourth-order valence-electron chi connectivity index (χ4n) is 1.35. The molecule has 0 saturated carbocycles. The maximum Gasteiger partial charge on any atom is 0.214 e. The highest BCUT2D eigenvalue weighted by Crippen LogP contribution is 2.19. The first kappa shape index (κ1) is 13.3. The average Bonchev–Trinajstić information content (AvgIpc) is 2.84. The van der Waals surface area contributed by atoms with Crippen molar-refractivity contribution in [2.45, 2.75) is 12.1 Å². The Balaban J connectivity index is 2.05. The van der Waals surface area contributed by atoms with Crippen molar-refractivity contribution in [2.75, 3.05) is 19.0 Å². The summed E-state index contributed by atoms with van der Waals surface area (Å²) in [5.74, 6) is 0.821. The number of aromatic nitrogens is 4. The van der Waals surface area contributed by atoms with Crippen LogP contribution in [0.2, 0.25) is 5.02 Å². The third-order valence-electron chi connectivity index (χ3n) is 2.18. The standard InChI is InChI=1S/C11H13ClN4OS/c1-2-17-7-8-18-11-13-14-15-16(11)10-5-3-9(12)4-6-10/h3-6H,2,7-8H2,1H3. The van der Waals surface area contributed by atoms with Crippen LogP contribution >= 0.6 is 23.4 Å². The van der Waals surface area contributed by atoms with Gasteiger partial charge in [0.25, 0.3) is 0 Å². The summed E-state index contributed by atoms with van der Waals surface area (Å²) in [4.78, 5) is 0. The van der Waals surface area contributed by atoms with E-state index in [1.165, 1.54) is 0 Å². The highest BCUT2D eigenvalue weighted by molar-refractivity contribution is 7.99. The zero-order valence-corrected chi connectivity index (χ0v) is 11.5. The minimum Gasteiger partial charge on any atom is -0.381 e. The highest BCUT2D eigenvalue weighted by Gasteiger charge is 2.08. The summed E-state index contributed by atoms with van der Waals surface area (Å²) in [6.07, 6.45) is 0. The van der Waals surface area contributed by atoms with Crippen LogP contribution in [0, 0.1) is 0 Å². The van der Waals surface area contributed by atoms with Gasteiger partial charge in [0.1, 0.15) is 0 Å². The summed E-state index contributed by atoms with van der Waals surface area (Å²) in [6, 6.07) is 7.39. The van der Waals surface area contributed by atoms with Crippen LogP contribution in [0.4, 0.5) is 0 Å². The first-order chi connectivity index (χ1) is 8.81. The number of thioether (sulfide) groups is 1. The second-order valence-electron chi connectivity index (χ2n) is 3.40. The normalized spacial score (nSPS) is 10.8. The van der Waals surface area contributed by atoms with E-state index in [0.717, 1.165) is 23.2 Å². The Hall–Kier alpha value is -1.11. The van der Waals surface area contributed by atoms with Gasteiger partial charge >= 0.3 is 0 Å². The van der Waals surface area contributed by atoms with Crippen molar-refractivity contribution in [3.63, 3.8) is 0 Å². The van der Waals surface area contributed by atoms with Crippen molar-refractivity contribution in [3.8, 4) is 5.69 Å². The second kappa shape index (κ2) is 6.72. The lowest BCUT2D eigenvalue weighted by molar-refractivity contribution is 0.164. The molecule has 0 aliphatic heterocycles. The monoisotopic (exact) mass is 284 g/mol. The first-order valence-corrected chi connectivity index (χ1v) is 6.92. The molecule has 1 aromatic heterocycles. The number of rotatable bonds is 6. The largest absolute Gasteiger partial charge is 0.381 e. The van der Waals surface area contributed by atoms with Gasteiger partial charge in [0, 0.05) is 17.4 Å². The summed E-state index contributed by atoms with van der Waals surface area (Å²) in [7, 11) is 0. The Morgan fingerprint density at radius 1 is 1.33 bits per heavy atom. The van der Waals surface area contributed by atoms with E-state index in [9.17, 15) is 0 Å². The molecule has 0 radical (unpaired) electrons. The van der Waals surface area contributed by atoms with Gasteiger partial charge in [-0.05, 0) is 41.6 Å². The molecule has 0 atom stereocenters. The molecule has 2 rings (SSSR count). The number of hydrogen-bond donors (Lipinski definition) is 0. The third kappa shape index (κ3) is 3.44. The lowest BCUT2D eigenvalue weighted by Gasteiger charge is -2.04. The molecule has 96 valence electrons. The van der Waals surface area contributed by atoms with E-state index >= 15 is 0 Å². The van der Waals surface area contributed by atoms with Gasteiger partial charge in [0.05, 0.1) is 12.3 Å². The third-order valence-corrected chi connectivity index (χ3v) is 3.31. The van der Waals surface area contributed by atoms with Gasteiger partial charge in [-0.3, -0.25) is 0 Å². The van der Waals surface area contributed by atoms with Crippen molar-refractivity contribution < 1.29 is 4.74 Å². The molecule has 0 unspecified atom stereocenters. The number of halogens is 1. The van der Waals surface area contributed by atoms with Gasteiger partial charge < -0.3 is 4.74 Å². The Bertz CT molecular complexity index is 488.